The van der Waals surface area contributed by atoms with Gasteiger partial charge in [0.2, 0.25) is 0 Å². The third kappa shape index (κ3) is 4.46. The Bertz CT molecular complexity index is 714. The number of allylic oxidation sites excluding steroid dienone is 8. The fourth-order valence-electron chi connectivity index (χ4n) is 6.71. The normalized spacial score (nSPS) is 35.4. The Kier molecular flexibility index (Phi) is 9.60. The minimum absolute atomic E-state index is 0. The van der Waals surface area contributed by atoms with Crippen molar-refractivity contribution in [2.75, 3.05) is 0 Å². The van der Waals surface area contributed by atoms with E-state index in [1.165, 1.54) is 38.5 Å². The maximum atomic E-state index is 2.63. The van der Waals surface area contributed by atoms with Crippen LogP contribution in [0.5, 0.6) is 0 Å². The average Bonchev–Trinajstić information content (AvgIpc) is 3.21. The molecule has 2 saturated carbocycles. The van der Waals surface area contributed by atoms with Crippen LogP contribution in [0.15, 0.2) is 47.1 Å². The van der Waals surface area contributed by atoms with E-state index in [0.29, 0.717) is 0 Å². The van der Waals surface area contributed by atoms with Crippen molar-refractivity contribution in [1.82, 2.24) is 0 Å². The van der Waals surface area contributed by atoms with E-state index in [4.69, 9.17) is 0 Å². The molecule has 4 heteroatoms. The van der Waals surface area contributed by atoms with Crippen LogP contribution >= 0.6 is 0 Å². The molecule has 2 fully saturated rings. The van der Waals surface area contributed by atoms with E-state index in [2.05, 4.69) is 57.3 Å². The third-order valence-corrected chi connectivity index (χ3v) is 17.1. The third-order valence-electron chi connectivity index (χ3n) is 7.54. The first-order valence-corrected chi connectivity index (χ1v) is 18.6. The van der Waals surface area contributed by atoms with E-state index in [0.717, 1.165) is 33.2 Å². The van der Waals surface area contributed by atoms with Crippen molar-refractivity contribution in [3.63, 3.8) is 0 Å². The molecule has 0 aromatic rings. The quantitative estimate of drug-likeness (QED) is 0.492. The Hall–Kier alpha value is 0.640. The van der Waals surface area contributed by atoms with Crippen LogP contribution in [0, 0.1) is 29.6 Å². The van der Waals surface area contributed by atoms with E-state index in [-0.39, 0.29) is 52.1 Å². The van der Waals surface area contributed by atoms with Crippen molar-refractivity contribution in [3.8, 4) is 0 Å². The molecule has 28 heavy (non-hydrogen) atoms. The van der Waals surface area contributed by atoms with Crippen LogP contribution in [-0.2, 0) is 21.9 Å². The molecule has 0 spiro atoms. The predicted octanol–water partition coefficient (Wildman–Crippen LogP) is 0.968. The molecule has 0 nitrogen and oxygen atoms in total. The van der Waals surface area contributed by atoms with E-state index in [9.17, 15) is 0 Å². The smallest absolute Gasteiger partial charge is 1.00 e. The summed E-state index contributed by atoms with van der Waals surface area (Å²) in [5, 5.41) is 0. The van der Waals surface area contributed by atoms with Gasteiger partial charge in [-0.2, -0.15) is 0 Å². The molecule has 0 aromatic carbocycles. The molecule has 0 bridgehead atoms. The molecule has 153 valence electrons. The largest absolute Gasteiger partial charge is 1.00 e. The first kappa shape index (κ1) is 24.9. The molecule has 4 rings (SSSR count). The van der Waals surface area contributed by atoms with Crippen molar-refractivity contribution in [1.29, 1.82) is 0 Å². The Morgan fingerprint density at radius 1 is 1.00 bits per heavy atom. The molecule has 4 aliphatic rings. The van der Waals surface area contributed by atoms with E-state index in [1.54, 1.807) is 11.1 Å². The van der Waals surface area contributed by atoms with Crippen LogP contribution in [0.2, 0.25) is 16.7 Å². The van der Waals surface area contributed by atoms with Crippen LogP contribution in [0.25, 0.3) is 0 Å². The second-order valence-corrected chi connectivity index (χ2v) is 22.4. The monoisotopic (exact) mass is 511 g/mol. The Morgan fingerprint density at radius 3 is 2.36 bits per heavy atom. The molecule has 0 radical (unpaired) electrons. The Balaban J connectivity index is 0.00000140. The minimum atomic E-state index is -0.257. The summed E-state index contributed by atoms with van der Waals surface area (Å²) < 4.78 is 1.11. The van der Waals surface area contributed by atoms with Gasteiger partial charge in [-0.1, -0.05) is 0 Å². The Morgan fingerprint density at radius 2 is 1.71 bits per heavy atom. The molecule has 6 atom stereocenters. The number of fused-ring (bicyclic) bond motifs is 3. The molecule has 0 saturated heterocycles. The van der Waals surface area contributed by atoms with Crippen LogP contribution in [-0.4, -0.2) is 5.43 Å². The molecule has 0 N–H and O–H groups in total. The fourth-order valence-corrected chi connectivity index (χ4v) is 17.5. The van der Waals surface area contributed by atoms with Gasteiger partial charge in [-0.3, -0.25) is 0 Å². The van der Waals surface area contributed by atoms with Gasteiger partial charge in [-0.15, -0.1) is 0 Å². The van der Waals surface area contributed by atoms with Crippen LogP contribution < -0.4 is 24.8 Å². The topological polar surface area (TPSA) is 0 Å². The SMILES string of the molecule is CCC1=CCC(C2CCCC3C4C=CC=CC4[CH]([Zr+2]=[Si](C)C)C23)=C1CC.[Cl-].[Cl-]. The molecule has 6 unspecified atom stereocenters. The molecular formula is C24H35Cl2SiZr. The number of hydrogen-bond acceptors (Lipinski definition) is 0. The van der Waals surface area contributed by atoms with Crippen LogP contribution in [0.4, 0.5) is 0 Å². The summed E-state index contributed by atoms with van der Waals surface area (Å²) in [6, 6.07) is 0. The molecule has 0 heterocycles. The average molecular weight is 514 g/mol. The van der Waals surface area contributed by atoms with Gasteiger partial charge < -0.3 is 24.8 Å². The second kappa shape index (κ2) is 10.8. The fraction of sp³-hybridized carbons (Fsp3) is 0.667. The van der Waals surface area contributed by atoms with Crippen molar-refractivity contribution in [2.24, 2.45) is 29.6 Å². The molecule has 4 aliphatic carbocycles. The summed E-state index contributed by atoms with van der Waals surface area (Å²) in [4.78, 5) is 0. The summed E-state index contributed by atoms with van der Waals surface area (Å²) in [7, 11) is 0. The minimum Gasteiger partial charge on any atom is -1.00 e. The second-order valence-electron chi connectivity index (χ2n) is 9.02. The van der Waals surface area contributed by atoms with Crippen LogP contribution in [0.1, 0.15) is 52.4 Å². The number of rotatable bonds is 4. The zero-order valence-electron chi connectivity index (χ0n) is 17.8. The van der Waals surface area contributed by atoms with Gasteiger partial charge in [0.1, 0.15) is 0 Å². The Labute approximate surface area is 196 Å². The predicted molar refractivity (Wildman–Crippen MR) is 111 cm³/mol. The molecule has 0 amide bonds. The van der Waals surface area contributed by atoms with Crippen molar-refractivity contribution in [3.05, 3.63) is 47.1 Å². The summed E-state index contributed by atoms with van der Waals surface area (Å²) in [5.41, 5.74) is 5.35. The zero-order chi connectivity index (χ0) is 18.3. The molecular weight excluding hydrogens is 478 g/mol. The van der Waals surface area contributed by atoms with Gasteiger partial charge in [0.05, 0.1) is 0 Å². The standard InChI is InChI=1S/C22H29.C2H6Si.2ClH.Zr/c1-3-15-12-13-21(17(15)4-2)20-11-7-10-19-18-9-6-5-8-16(18)14-22(19)20;1-3-2;;;/h5-6,8-9,12,14,16,18-20,22H,3-4,7,10-11,13H2,1-2H3;1-2H3;2*1H;/q;;;;+2/p-2. The van der Waals surface area contributed by atoms with Gasteiger partial charge >= 0.3 is 173 Å². The van der Waals surface area contributed by atoms with Crippen LogP contribution in [0.3, 0.4) is 0 Å². The van der Waals surface area contributed by atoms with Crippen molar-refractivity contribution in [2.45, 2.75) is 69.1 Å². The van der Waals surface area contributed by atoms with Gasteiger partial charge in [0.25, 0.3) is 0 Å². The van der Waals surface area contributed by atoms with Crippen molar-refractivity contribution >= 4 is 5.43 Å². The van der Waals surface area contributed by atoms with Gasteiger partial charge in [-0.25, -0.2) is 0 Å². The zero-order valence-corrected chi connectivity index (χ0v) is 22.8. The van der Waals surface area contributed by atoms with Gasteiger partial charge in [-0.05, 0) is 0 Å². The maximum Gasteiger partial charge on any atom is -1.00 e. The molecule has 0 aromatic heterocycles. The first-order valence-electron chi connectivity index (χ1n) is 11.0. The van der Waals surface area contributed by atoms with E-state index >= 15 is 0 Å². The summed E-state index contributed by atoms with van der Waals surface area (Å²) in [6.07, 6.45) is 20.8. The number of hydrogen-bond donors (Lipinski definition) is 0. The van der Waals surface area contributed by atoms with E-state index in [1.807, 2.05) is 5.57 Å². The number of halogens is 2. The van der Waals surface area contributed by atoms with Gasteiger partial charge in [0, 0.05) is 0 Å². The first-order chi connectivity index (χ1) is 12.7. The molecule has 0 aliphatic heterocycles. The van der Waals surface area contributed by atoms with Crippen molar-refractivity contribution < 1.29 is 46.7 Å². The summed E-state index contributed by atoms with van der Waals surface area (Å²) in [6.45, 7) is 9.98. The summed E-state index contributed by atoms with van der Waals surface area (Å²) >= 11 is -0.257. The van der Waals surface area contributed by atoms with Gasteiger partial charge in [0.15, 0.2) is 0 Å². The summed E-state index contributed by atoms with van der Waals surface area (Å²) in [5.74, 6) is 4.73. The maximum absolute atomic E-state index is 2.63. The van der Waals surface area contributed by atoms with E-state index < -0.39 is 0 Å².